The van der Waals surface area contributed by atoms with E-state index in [1.54, 1.807) is 0 Å². The van der Waals surface area contributed by atoms with E-state index >= 15 is 0 Å². The number of benzene rings is 1. The number of anilines is 1. The number of hydrogen-bond donors (Lipinski definition) is 1. The Labute approximate surface area is 126 Å². The minimum atomic E-state index is 0.522. The molecule has 1 aromatic heterocycles. The highest BCUT2D eigenvalue weighted by atomic mass is 15.3. The SMILES string of the molecule is Cc1nc(N2CCCC(NC(C)C)C2)nc2ccccc12. The van der Waals surface area contributed by atoms with Crippen LogP contribution in [-0.4, -0.2) is 35.1 Å². The van der Waals surface area contributed by atoms with Crippen LogP contribution in [0.25, 0.3) is 10.9 Å². The topological polar surface area (TPSA) is 41.1 Å². The van der Waals surface area contributed by atoms with Crippen LogP contribution in [0.4, 0.5) is 5.95 Å². The molecular formula is C17H24N4. The molecule has 2 heterocycles. The number of nitrogens with zero attached hydrogens (tertiary/aromatic N) is 3. The first-order valence-corrected chi connectivity index (χ1v) is 7.88. The van der Waals surface area contributed by atoms with Crippen LogP contribution in [0.2, 0.25) is 0 Å². The van der Waals surface area contributed by atoms with E-state index in [9.17, 15) is 0 Å². The molecule has 1 N–H and O–H groups in total. The molecule has 1 saturated heterocycles. The molecule has 0 aliphatic carbocycles. The predicted molar refractivity (Wildman–Crippen MR) is 87.8 cm³/mol. The standard InChI is InChI=1S/C17H24N4/c1-12(2)18-14-7-6-10-21(11-14)17-19-13(3)15-8-4-5-9-16(15)20-17/h4-5,8-9,12,14,18H,6-7,10-11H2,1-3H3. The Hall–Kier alpha value is -1.68. The van der Waals surface area contributed by atoms with Gasteiger partial charge in [-0.1, -0.05) is 32.0 Å². The molecule has 0 saturated carbocycles. The molecule has 0 amide bonds. The van der Waals surface area contributed by atoms with Gasteiger partial charge in [-0.3, -0.25) is 0 Å². The van der Waals surface area contributed by atoms with Crippen molar-refractivity contribution in [3.8, 4) is 0 Å². The molecule has 0 bridgehead atoms. The molecule has 3 rings (SSSR count). The molecule has 0 radical (unpaired) electrons. The molecule has 1 aliphatic heterocycles. The van der Waals surface area contributed by atoms with Crippen LogP contribution < -0.4 is 10.2 Å². The van der Waals surface area contributed by atoms with Gasteiger partial charge < -0.3 is 10.2 Å². The van der Waals surface area contributed by atoms with Crippen molar-refractivity contribution in [3.05, 3.63) is 30.0 Å². The number of hydrogen-bond acceptors (Lipinski definition) is 4. The van der Waals surface area contributed by atoms with Crippen molar-refractivity contribution in [1.29, 1.82) is 0 Å². The maximum atomic E-state index is 4.76. The van der Waals surface area contributed by atoms with Crippen molar-refractivity contribution in [2.75, 3.05) is 18.0 Å². The number of para-hydroxylation sites is 1. The minimum absolute atomic E-state index is 0.522. The van der Waals surface area contributed by atoms with Gasteiger partial charge in [0.1, 0.15) is 0 Å². The molecule has 0 spiro atoms. The highest BCUT2D eigenvalue weighted by Crippen LogP contribution is 2.21. The molecule has 1 atom stereocenters. The average molecular weight is 284 g/mol. The largest absolute Gasteiger partial charge is 0.339 e. The second kappa shape index (κ2) is 5.98. The Bertz CT molecular complexity index is 623. The van der Waals surface area contributed by atoms with Gasteiger partial charge in [-0.25, -0.2) is 9.97 Å². The van der Waals surface area contributed by atoms with E-state index in [1.807, 2.05) is 12.1 Å². The second-order valence-corrected chi connectivity index (χ2v) is 6.23. The van der Waals surface area contributed by atoms with Crippen molar-refractivity contribution in [3.63, 3.8) is 0 Å². The lowest BCUT2D eigenvalue weighted by atomic mass is 10.1. The zero-order chi connectivity index (χ0) is 14.8. The predicted octanol–water partition coefficient (Wildman–Crippen LogP) is 2.91. The third kappa shape index (κ3) is 3.16. The summed E-state index contributed by atoms with van der Waals surface area (Å²) in [5, 5.41) is 4.78. The lowest BCUT2D eigenvalue weighted by molar-refractivity contribution is 0.392. The number of piperidine rings is 1. The van der Waals surface area contributed by atoms with Crippen LogP contribution in [0.15, 0.2) is 24.3 Å². The summed E-state index contributed by atoms with van der Waals surface area (Å²) in [7, 11) is 0. The van der Waals surface area contributed by atoms with Crippen LogP contribution in [0.5, 0.6) is 0 Å². The highest BCUT2D eigenvalue weighted by molar-refractivity contribution is 5.81. The lowest BCUT2D eigenvalue weighted by Gasteiger charge is -2.34. The van der Waals surface area contributed by atoms with E-state index in [1.165, 1.54) is 12.8 Å². The summed E-state index contributed by atoms with van der Waals surface area (Å²) in [6.45, 7) is 8.52. The summed E-state index contributed by atoms with van der Waals surface area (Å²) >= 11 is 0. The highest BCUT2D eigenvalue weighted by Gasteiger charge is 2.22. The van der Waals surface area contributed by atoms with Crippen molar-refractivity contribution in [1.82, 2.24) is 15.3 Å². The molecular weight excluding hydrogens is 260 g/mol. The number of aryl methyl sites for hydroxylation is 1. The Morgan fingerprint density at radius 2 is 2.05 bits per heavy atom. The fourth-order valence-electron chi connectivity index (χ4n) is 3.13. The van der Waals surface area contributed by atoms with Crippen molar-refractivity contribution in [2.45, 2.75) is 45.7 Å². The molecule has 1 unspecified atom stereocenters. The maximum absolute atomic E-state index is 4.76. The van der Waals surface area contributed by atoms with Crippen molar-refractivity contribution >= 4 is 16.9 Å². The van der Waals surface area contributed by atoms with Crippen LogP contribution in [0.3, 0.4) is 0 Å². The second-order valence-electron chi connectivity index (χ2n) is 6.23. The first-order valence-electron chi connectivity index (χ1n) is 7.88. The van der Waals surface area contributed by atoms with Crippen LogP contribution in [0.1, 0.15) is 32.4 Å². The monoisotopic (exact) mass is 284 g/mol. The van der Waals surface area contributed by atoms with E-state index in [-0.39, 0.29) is 0 Å². The first kappa shape index (κ1) is 14.3. The summed E-state index contributed by atoms with van der Waals surface area (Å²) in [6, 6.07) is 9.30. The fourth-order valence-corrected chi connectivity index (χ4v) is 3.13. The van der Waals surface area contributed by atoms with Gasteiger partial charge in [0.2, 0.25) is 5.95 Å². The molecule has 1 fully saturated rings. The van der Waals surface area contributed by atoms with E-state index in [2.05, 4.69) is 43.1 Å². The van der Waals surface area contributed by atoms with Crippen molar-refractivity contribution in [2.24, 2.45) is 0 Å². The number of nitrogens with one attached hydrogen (secondary N) is 1. The van der Waals surface area contributed by atoms with Gasteiger partial charge in [0.05, 0.1) is 11.2 Å². The Morgan fingerprint density at radius 3 is 2.86 bits per heavy atom. The van der Waals surface area contributed by atoms with Gasteiger partial charge in [0.15, 0.2) is 0 Å². The molecule has 112 valence electrons. The van der Waals surface area contributed by atoms with Gasteiger partial charge >= 0.3 is 0 Å². The molecule has 4 heteroatoms. The summed E-state index contributed by atoms with van der Waals surface area (Å²) in [5.41, 5.74) is 2.11. The zero-order valence-corrected chi connectivity index (χ0v) is 13.1. The summed E-state index contributed by atoms with van der Waals surface area (Å²) in [6.07, 6.45) is 2.43. The molecule has 1 aromatic carbocycles. The Balaban J connectivity index is 1.86. The summed E-state index contributed by atoms with van der Waals surface area (Å²) in [5.74, 6) is 0.876. The van der Waals surface area contributed by atoms with Gasteiger partial charge in [0, 0.05) is 30.6 Å². The molecule has 1 aliphatic rings. The Morgan fingerprint density at radius 1 is 1.24 bits per heavy atom. The summed E-state index contributed by atoms with van der Waals surface area (Å²) in [4.78, 5) is 11.8. The van der Waals surface area contributed by atoms with E-state index in [0.717, 1.165) is 35.6 Å². The van der Waals surface area contributed by atoms with Crippen LogP contribution in [0, 0.1) is 6.92 Å². The van der Waals surface area contributed by atoms with E-state index in [0.29, 0.717) is 12.1 Å². The van der Waals surface area contributed by atoms with Gasteiger partial charge in [0.25, 0.3) is 0 Å². The van der Waals surface area contributed by atoms with Crippen LogP contribution in [-0.2, 0) is 0 Å². The number of aromatic nitrogens is 2. The smallest absolute Gasteiger partial charge is 0.226 e. The van der Waals surface area contributed by atoms with Crippen molar-refractivity contribution < 1.29 is 0 Å². The minimum Gasteiger partial charge on any atom is -0.339 e. The van der Waals surface area contributed by atoms with Crippen LogP contribution >= 0.6 is 0 Å². The molecule has 21 heavy (non-hydrogen) atoms. The molecule has 2 aromatic rings. The number of fused-ring (bicyclic) bond motifs is 1. The third-order valence-electron chi connectivity index (χ3n) is 4.06. The first-order chi connectivity index (χ1) is 10.1. The fraction of sp³-hybridized carbons (Fsp3) is 0.529. The van der Waals surface area contributed by atoms with Gasteiger partial charge in [-0.05, 0) is 25.8 Å². The number of rotatable bonds is 3. The maximum Gasteiger partial charge on any atom is 0.226 e. The van der Waals surface area contributed by atoms with Gasteiger partial charge in [-0.2, -0.15) is 0 Å². The Kier molecular flexibility index (Phi) is 4.06. The third-order valence-corrected chi connectivity index (χ3v) is 4.06. The summed E-state index contributed by atoms with van der Waals surface area (Å²) < 4.78 is 0. The van der Waals surface area contributed by atoms with E-state index < -0.39 is 0 Å². The lowest BCUT2D eigenvalue weighted by Crippen LogP contribution is -2.48. The normalized spacial score (nSPS) is 19.4. The van der Waals surface area contributed by atoms with E-state index in [4.69, 9.17) is 9.97 Å². The zero-order valence-electron chi connectivity index (χ0n) is 13.1. The quantitative estimate of drug-likeness (QED) is 0.941. The average Bonchev–Trinajstić information content (AvgIpc) is 2.47. The van der Waals surface area contributed by atoms with Gasteiger partial charge in [-0.15, -0.1) is 0 Å². The molecule has 4 nitrogen and oxygen atoms in total.